The van der Waals surface area contributed by atoms with Gasteiger partial charge in [-0.2, -0.15) is 4.31 Å². The molecule has 0 saturated carbocycles. The zero-order chi connectivity index (χ0) is 15.5. The number of hydrogen-bond acceptors (Lipinski definition) is 5. The molecule has 2 unspecified atom stereocenters. The number of sulfonamides is 1. The number of aliphatic hydroxyl groups is 1. The van der Waals surface area contributed by atoms with Gasteiger partial charge in [-0.15, -0.1) is 0 Å². The first kappa shape index (κ1) is 16.2. The topological polar surface area (TPSA) is 82.5 Å². The van der Waals surface area contributed by atoms with Crippen molar-refractivity contribution in [1.29, 1.82) is 0 Å². The average molecular weight is 313 g/mol. The van der Waals surface area contributed by atoms with Gasteiger partial charge < -0.3 is 10.4 Å². The van der Waals surface area contributed by atoms with Gasteiger partial charge in [0.25, 0.3) is 0 Å². The minimum absolute atomic E-state index is 0.0581. The first-order chi connectivity index (χ1) is 9.96. The molecule has 1 aromatic rings. The number of nitrogens with one attached hydrogen (secondary N) is 1. The fourth-order valence-electron chi connectivity index (χ4n) is 2.43. The monoisotopic (exact) mass is 313 g/mol. The number of aliphatic hydroxyl groups excluding tert-OH is 1. The zero-order valence-corrected chi connectivity index (χ0v) is 13.3. The van der Waals surface area contributed by atoms with E-state index < -0.39 is 16.1 Å². The third kappa shape index (κ3) is 3.53. The Labute approximate surface area is 126 Å². The van der Waals surface area contributed by atoms with Crippen molar-refractivity contribution in [2.24, 2.45) is 5.92 Å². The van der Waals surface area contributed by atoms with E-state index in [9.17, 15) is 13.5 Å². The largest absolute Gasteiger partial charge is 0.393 e. The van der Waals surface area contributed by atoms with Crippen LogP contribution in [0.5, 0.6) is 0 Å². The van der Waals surface area contributed by atoms with Crippen LogP contribution in [0.15, 0.2) is 23.2 Å². The van der Waals surface area contributed by atoms with Gasteiger partial charge in [-0.1, -0.05) is 13.8 Å². The van der Waals surface area contributed by atoms with E-state index in [0.717, 1.165) is 6.42 Å². The second-order valence-electron chi connectivity index (χ2n) is 5.47. The van der Waals surface area contributed by atoms with Gasteiger partial charge in [0.15, 0.2) is 0 Å². The van der Waals surface area contributed by atoms with Crippen molar-refractivity contribution in [3.05, 3.63) is 18.3 Å². The number of anilines is 1. The van der Waals surface area contributed by atoms with Gasteiger partial charge in [-0.05, 0) is 30.9 Å². The maximum absolute atomic E-state index is 12.8. The molecule has 7 heteroatoms. The normalized spacial score (nSPS) is 24.0. The Balaban J connectivity index is 2.27. The molecule has 1 aliphatic heterocycles. The first-order valence-corrected chi connectivity index (χ1v) is 8.78. The maximum Gasteiger partial charge on any atom is 0.246 e. The van der Waals surface area contributed by atoms with Crippen LogP contribution in [0.4, 0.5) is 5.82 Å². The highest BCUT2D eigenvalue weighted by atomic mass is 32.2. The minimum atomic E-state index is -3.58. The predicted octanol–water partition coefficient (Wildman–Crippen LogP) is 1.29. The molecule has 1 aromatic heterocycles. The number of nitrogens with zero attached hydrogens (tertiary/aromatic N) is 2. The molecule has 0 aromatic carbocycles. The number of pyridine rings is 1. The van der Waals surface area contributed by atoms with Crippen LogP contribution in [-0.4, -0.2) is 48.6 Å². The lowest BCUT2D eigenvalue weighted by molar-refractivity contribution is 0.0629. The highest BCUT2D eigenvalue weighted by Crippen LogP contribution is 2.27. The lowest BCUT2D eigenvalue weighted by Gasteiger charge is -2.33. The Bertz CT molecular complexity index is 577. The van der Waals surface area contributed by atoms with E-state index in [4.69, 9.17) is 0 Å². The van der Waals surface area contributed by atoms with Gasteiger partial charge in [0.1, 0.15) is 10.7 Å². The van der Waals surface area contributed by atoms with Crippen LogP contribution in [0.1, 0.15) is 26.7 Å². The molecule has 0 bridgehead atoms. The van der Waals surface area contributed by atoms with Crippen LogP contribution in [0.2, 0.25) is 0 Å². The van der Waals surface area contributed by atoms with Crippen molar-refractivity contribution in [1.82, 2.24) is 9.29 Å². The van der Waals surface area contributed by atoms with E-state index >= 15 is 0 Å². The number of piperidine rings is 1. The van der Waals surface area contributed by atoms with Crippen LogP contribution in [0.3, 0.4) is 0 Å². The minimum Gasteiger partial charge on any atom is -0.393 e. The molecule has 2 N–H and O–H groups in total. The smallest absolute Gasteiger partial charge is 0.246 e. The van der Waals surface area contributed by atoms with Crippen molar-refractivity contribution in [2.45, 2.75) is 37.7 Å². The number of rotatable bonds is 5. The molecular weight excluding hydrogens is 290 g/mol. The third-order valence-corrected chi connectivity index (χ3v) is 5.65. The lowest BCUT2D eigenvalue weighted by Crippen LogP contribution is -2.45. The van der Waals surface area contributed by atoms with Gasteiger partial charge in [-0.25, -0.2) is 13.4 Å². The Morgan fingerprint density at radius 3 is 2.95 bits per heavy atom. The Morgan fingerprint density at radius 2 is 2.29 bits per heavy atom. The van der Waals surface area contributed by atoms with Crippen LogP contribution < -0.4 is 5.32 Å². The van der Waals surface area contributed by atoms with Crippen molar-refractivity contribution < 1.29 is 13.5 Å². The van der Waals surface area contributed by atoms with Crippen molar-refractivity contribution in [3.63, 3.8) is 0 Å². The number of hydrogen-bond donors (Lipinski definition) is 2. The standard InChI is InChI=1S/C14H23N3O3S/c1-3-7-15-14-13(5-4-8-16-14)21(19,20)17-9-6-12(18)11(2)10-17/h4-5,8,11-12,18H,3,6-7,9-10H2,1-2H3,(H,15,16). The maximum atomic E-state index is 12.8. The molecule has 1 fully saturated rings. The Hall–Kier alpha value is -1.18. The van der Waals surface area contributed by atoms with E-state index in [0.29, 0.717) is 31.9 Å². The van der Waals surface area contributed by atoms with Gasteiger partial charge in [-0.3, -0.25) is 0 Å². The second kappa shape index (κ2) is 6.72. The number of aromatic nitrogens is 1. The molecule has 1 aliphatic rings. The van der Waals surface area contributed by atoms with Gasteiger partial charge in [0, 0.05) is 25.8 Å². The highest BCUT2D eigenvalue weighted by Gasteiger charge is 2.34. The molecule has 118 valence electrons. The summed E-state index contributed by atoms with van der Waals surface area (Å²) in [5.41, 5.74) is 0. The molecule has 0 radical (unpaired) electrons. The second-order valence-corrected chi connectivity index (χ2v) is 7.38. The zero-order valence-electron chi connectivity index (χ0n) is 12.5. The third-order valence-electron chi connectivity index (χ3n) is 3.75. The quantitative estimate of drug-likeness (QED) is 0.856. The molecule has 0 amide bonds. The van der Waals surface area contributed by atoms with E-state index in [1.54, 1.807) is 18.3 Å². The van der Waals surface area contributed by atoms with E-state index in [2.05, 4.69) is 10.3 Å². The molecule has 1 saturated heterocycles. The summed E-state index contributed by atoms with van der Waals surface area (Å²) in [5.74, 6) is 0.343. The molecular formula is C14H23N3O3S. The summed E-state index contributed by atoms with van der Waals surface area (Å²) in [6, 6.07) is 3.21. The van der Waals surface area contributed by atoms with E-state index in [1.165, 1.54) is 4.31 Å². The molecule has 2 atom stereocenters. The van der Waals surface area contributed by atoms with E-state index in [1.807, 2.05) is 13.8 Å². The molecule has 2 rings (SSSR count). The summed E-state index contributed by atoms with van der Waals surface area (Å²) in [5, 5.41) is 12.8. The van der Waals surface area contributed by atoms with Crippen LogP contribution in [0.25, 0.3) is 0 Å². The van der Waals surface area contributed by atoms with Gasteiger partial charge in [0.05, 0.1) is 6.10 Å². The summed E-state index contributed by atoms with van der Waals surface area (Å²) >= 11 is 0. The van der Waals surface area contributed by atoms with Crippen molar-refractivity contribution in [3.8, 4) is 0 Å². The van der Waals surface area contributed by atoms with Gasteiger partial charge >= 0.3 is 0 Å². The van der Waals surface area contributed by atoms with Crippen LogP contribution in [-0.2, 0) is 10.0 Å². The van der Waals surface area contributed by atoms with Crippen molar-refractivity contribution >= 4 is 15.8 Å². The summed E-state index contributed by atoms with van der Waals surface area (Å²) in [7, 11) is -3.58. The average Bonchev–Trinajstić information content (AvgIpc) is 2.48. The summed E-state index contributed by atoms with van der Waals surface area (Å²) in [6.07, 6.45) is 2.52. The molecule has 2 heterocycles. The van der Waals surface area contributed by atoms with Crippen molar-refractivity contribution in [2.75, 3.05) is 25.0 Å². The highest BCUT2D eigenvalue weighted by molar-refractivity contribution is 7.89. The molecule has 6 nitrogen and oxygen atoms in total. The van der Waals surface area contributed by atoms with Gasteiger partial charge in [0.2, 0.25) is 10.0 Å². The fraction of sp³-hybridized carbons (Fsp3) is 0.643. The molecule has 21 heavy (non-hydrogen) atoms. The predicted molar refractivity (Wildman–Crippen MR) is 81.6 cm³/mol. The molecule has 0 aliphatic carbocycles. The van der Waals surface area contributed by atoms with Crippen LogP contribution >= 0.6 is 0 Å². The summed E-state index contributed by atoms with van der Waals surface area (Å²) in [6.45, 7) is 5.24. The SMILES string of the molecule is CCCNc1ncccc1S(=O)(=O)N1CCC(O)C(C)C1. The Morgan fingerprint density at radius 1 is 1.52 bits per heavy atom. The lowest BCUT2D eigenvalue weighted by atomic mass is 9.99. The first-order valence-electron chi connectivity index (χ1n) is 7.34. The summed E-state index contributed by atoms with van der Waals surface area (Å²) < 4.78 is 27.0. The van der Waals surface area contributed by atoms with Crippen LogP contribution in [0, 0.1) is 5.92 Å². The summed E-state index contributed by atoms with van der Waals surface area (Å²) in [4.78, 5) is 4.36. The van der Waals surface area contributed by atoms with E-state index in [-0.39, 0.29) is 10.8 Å². The Kier molecular flexibility index (Phi) is 5.18. The fourth-order valence-corrected chi connectivity index (χ4v) is 4.10. The molecule has 0 spiro atoms.